The van der Waals surface area contributed by atoms with Gasteiger partial charge in [-0.1, -0.05) is 199 Å². The Hall–Kier alpha value is 0.447. The van der Waals surface area contributed by atoms with Crippen LogP contribution >= 0.6 is 12.6 Å². The Bertz CT molecular complexity index is 533. The molecular weight excluding hydrogens is 601 g/mol. The Morgan fingerprint density at radius 2 is 0.457 bits per heavy atom. The first kappa shape index (κ1) is 46.4. The maximum absolute atomic E-state index is 5.97. The van der Waals surface area contributed by atoms with Crippen molar-refractivity contribution < 1.29 is 13.3 Å². The van der Waals surface area contributed by atoms with Gasteiger partial charge < -0.3 is 13.3 Å². The van der Waals surface area contributed by atoms with Crippen LogP contribution in [0.2, 0.25) is 6.04 Å². The molecule has 0 unspecified atom stereocenters. The number of thiol groups is 1. The summed E-state index contributed by atoms with van der Waals surface area (Å²) in [4.78, 5) is 0. The summed E-state index contributed by atoms with van der Waals surface area (Å²) in [7, 11) is -2.42. The fraction of sp³-hybridized carbons (Fsp3) is 1.00. The standard InChI is InChI=1S/C41H86O3SSi/c1-4-42-46(43-5-2,44-6-3)41-39-37-35-33-31-29-27-25-23-21-19-17-15-13-11-9-7-8-10-12-14-16-18-20-22-24-26-28-30-32-34-36-38-40-45/h45H,4-41H2,1-3H3. The van der Waals surface area contributed by atoms with Crippen molar-refractivity contribution in [3.05, 3.63) is 0 Å². The Balaban J connectivity index is 3.22. The summed E-state index contributed by atoms with van der Waals surface area (Å²) in [6, 6.07) is 0.973. The third kappa shape index (κ3) is 34.3. The lowest BCUT2D eigenvalue weighted by Gasteiger charge is -2.28. The van der Waals surface area contributed by atoms with E-state index in [4.69, 9.17) is 13.3 Å². The molecular formula is C41H86O3SSi. The van der Waals surface area contributed by atoms with E-state index in [0.29, 0.717) is 19.8 Å². The van der Waals surface area contributed by atoms with Gasteiger partial charge in [0.1, 0.15) is 0 Å². The molecule has 278 valence electrons. The van der Waals surface area contributed by atoms with Gasteiger partial charge in [0, 0.05) is 25.9 Å². The molecule has 0 fully saturated rings. The van der Waals surface area contributed by atoms with Crippen molar-refractivity contribution in [1.29, 1.82) is 0 Å². The van der Waals surface area contributed by atoms with Gasteiger partial charge in [-0.3, -0.25) is 0 Å². The molecule has 0 aliphatic carbocycles. The maximum Gasteiger partial charge on any atom is 0.500 e. The summed E-state index contributed by atoms with van der Waals surface area (Å²) in [5.74, 6) is 1.06. The summed E-state index contributed by atoms with van der Waals surface area (Å²) in [6.07, 6.45) is 47.4. The van der Waals surface area contributed by atoms with Gasteiger partial charge in [0.2, 0.25) is 0 Å². The van der Waals surface area contributed by atoms with Gasteiger partial charge in [-0.25, -0.2) is 0 Å². The number of unbranched alkanes of at least 4 members (excludes halogenated alkanes) is 32. The van der Waals surface area contributed by atoms with Gasteiger partial charge in [-0.15, -0.1) is 0 Å². The molecule has 46 heavy (non-hydrogen) atoms. The smallest absolute Gasteiger partial charge is 0.374 e. The van der Waals surface area contributed by atoms with Crippen molar-refractivity contribution in [2.75, 3.05) is 25.6 Å². The van der Waals surface area contributed by atoms with E-state index in [1.54, 1.807) is 0 Å². The Kier molecular flexibility index (Phi) is 40.3. The van der Waals surface area contributed by atoms with Crippen LogP contribution in [0.1, 0.15) is 233 Å². The lowest BCUT2D eigenvalue weighted by molar-refractivity contribution is 0.0706. The molecule has 0 heterocycles. The lowest BCUT2D eigenvalue weighted by Crippen LogP contribution is -2.45. The van der Waals surface area contributed by atoms with E-state index in [1.165, 1.54) is 212 Å². The summed E-state index contributed by atoms with van der Waals surface area (Å²) < 4.78 is 17.9. The summed E-state index contributed by atoms with van der Waals surface area (Å²) in [5.41, 5.74) is 0. The second-order valence-electron chi connectivity index (χ2n) is 14.1. The predicted octanol–water partition coefficient (Wildman–Crippen LogP) is 14.8. The van der Waals surface area contributed by atoms with E-state index < -0.39 is 8.80 Å². The zero-order valence-corrected chi connectivity index (χ0v) is 33.9. The number of rotatable bonds is 41. The highest BCUT2D eigenvalue weighted by Crippen LogP contribution is 2.21. The third-order valence-electron chi connectivity index (χ3n) is 9.73. The quantitative estimate of drug-likeness (QED) is 0.0394. The fourth-order valence-electron chi connectivity index (χ4n) is 6.93. The van der Waals surface area contributed by atoms with Crippen LogP contribution in [0.3, 0.4) is 0 Å². The van der Waals surface area contributed by atoms with Crippen LogP contribution in [0.25, 0.3) is 0 Å². The van der Waals surface area contributed by atoms with Crippen LogP contribution in [0.4, 0.5) is 0 Å². The van der Waals surface area contributed by atoms with Crippen LogP contribution in [0.5, 0.6) is 0 Å². The molecule has 0 aromatic carbocycles. The number of hydrogen-bond donors (Lipinski definition) is 1. The highest BCUT2D eigenvalue weighted by Gasteiger charge is 2.39. The monoisotopic (exact) mass is 687 g/mol. The van der Waals surface area contributed by atoms with Crippen molar-refractivity contribution in [1.82, 2.24) is 0 Å². The Morgan fingerprint density at radius 3 is 0.630 bits per heavy atom. The van der Waals surface area contributed by atoms with E-state index in [9.17, 15) is 0 Å². The van der Waals surface area contributed by atoms with Crippen molar-refractivity contribution in [2.45, 2.75) is 239 Å². The fourth-order valence-corrected chi connectivity index (χ4v) is 9.84. The minimum absolute atomic E-state index is 0.686. The lowest BCUT2D eigenvalue weighted by atomic mass is 10.0. The van der Waals surface area contributed by atoms with Crippen molar-refractivity contribution >= 4 is 21.4 Å². The van der Waals surface area contributed by atoms with Crippen LogP contribution in [0, 0.1) is 0 Å². The zero-order chi connectivity index (χ0) is 33.5. The van der Waals surface area contributed by atoms with E-state index in [0.717, 1.165) is 11.8 Å². The molecule has 0 aromatic rings. The van der Waals surface area contributed by atoms with Crippen LogP contribution in [-0.2, 0) is 13.3 Å². The summed E-state index contributed by atoms with van der Waals surface area (Å²) in [5, 5.41) is 0. The van der Waals surface area contributed by atoms with Crippen LogP contribution in [0.15, 0.2) is 0 Å². The molecule has 0 spiro atoms. The van der Waals surface area contributed by atoms with Crippen LogP contribution in [-0.4, -0.2) is 34.4 Å². The molecule has 0 aliphatic heterocycles. The third-order valence-corrected chi connectivity index (χ3v) is 13.2. The van der Waals surface area contributed by atoms with Gasteiger partial charge >= 0.3 is 8.80 Å². The molecule has 0 saturated heterocycles. The van der Waals surface area contributed by atoms with E-state index in [1.807, 2.05) is 20.8 Å². The second-order valence-corrected chi connectivity index (χ2v) is 17.3. The van der Waals surface area contributed by atoms with E-state index >= 15 is 0 Å². The second kappa shape index (κ2) is 39.9. The average molecular weight is 687 g/mol. The summed E-state index contributed by atoms with van der Waals surface area (Å²) in [6.45, 7) is 8.19. The predicted molar refractivity (Wildman–Crippen MR) is 212 cm³/mol. The first-order chi connectivity index (χ1) is 22.7. The Morgan fingerprint density at radius 1 is 0.283 bits per heavy atom. The average Bonchev–Trinajstić information content (AvgIpc) is 3.05. The van der Waals surface area contributed by atoms with Gasteiger partial charge in [-0.05, 0) is 39.4 Å². The van der Waals surface area contributed by atoms with Gasteiger partial charge in [0.25, 0.3) is 0 Å². The first-order valence-corrected chi connectivity index (χ1v) is 23.8. The SMILES string of the molecule is CCO[Si](CCCCCCCCCCCCCCCCCCCCCCCCCCCCCCCCCCCS)(OCC)OCC. The first-order valence-electron chi connectivity index (χ1n) is 21.3. The van der Waals surface area contributed by atoms with Crippen molar-refractivity contribution in [3.8, 4) is 0 Å². The molecule has 0 bridgehead atoms. The minimum atomic E-state index is -2.42. The number of hydrogen-bond acceptors (Lipinski definition) is 4. The highest BCUT2D eigenvalue weighted by atomic mass is 32.1. The van der Waals surface area contributed by atoms with Crippen LogP contribution < -0.4 is 0 Å². The van der Waals surface area contributed by atoms with Gasteiger partial charge in [0.05, 0.1) is 0 Å². The normalized spacial score (nSPS) is 12.0. The van der Waals surface area contributed by atoms with Gasteiger partial charge in [-0.2, -0.15) is 12.6 Å². The highest BCUT2D eigenvalue weighted by molar-refractivity contribution is 7.80. The zero-order valence-electron chi connectivity index (χ0n) is 32.0. The molecule has 0 amide bonds. The molecule has 0 aliphatic rings. The topological polar surface area (TPSA) is 27.7 Å². The molecule has 0 rings (SSSR count). The largest absolute Gasteiger partial charge is 0.500 e. The molecule has 5 heteroatoms. The Labute approximate surface area is 298 Å². The minimum Gasteiger partial charge on any atom is -0.374 e. The maximum atomic E-state index is 5.97. The summed E-state index contributed by atoms with van der Waals surface area (Å²) >= 11 is 4.29. The molecule has 0 saturated carbocycles. The van der Waals surface area contributed by atoms with E-state index in [2.05, 4.69) is 12.6 Å². The molecule has 0 atom stereocenters. The van der Waals surface area contributed by atoms with Crippen molar-refractivity contribution in [3.63, 3.8) is 0 Å². The van der Waals surface area contributed by atoms with E-state index in [-0.39, 0.29) is 0 Å². The molecule has 0 radical (unpaired) electrons. The molecule has 0 N–H and O–H groups in total. The molecule has 3 nitrogen and oxygen atoms in total. The van der Waals surface area contributed by atoms with Crippen molar-refractivity contribution in [2.24, 2.45) is 0 Å². The van der Waals surface area contributed by atoms with Gasteiger partial charge in [0.15, 0.2) is 0 Å². The molecule has 0 aromatic heterocycles.